The Morgan fingerprint density at radius 2 is 1.60 bits per heavy atom. The Morgan fingerprint density at radius 3 is 2.12 bits per heavy atom. The molecule has 1 saturated carbocycles. The molecule has 0 amide bonds. The molecule has 1 aromatic rings. The van der Waals surface area contributed by atoms with Crippen molar-refractivity contribution >= 4 is 18.6 Å². The van der Waals surface area contributed by atoms with Crippen LogP contribution >= 0.6 is 12.6 Å². The van der Waals surface area contributed by atoms with E-state index in [4.69, 9.17) is 4.74 Å². The van der Waals surface area contributed by atoms with Crippen molar-refractivity contribution in [1.29, 1.82) is 0 Å². The second-order valence-electron chi connectivity index (χ2n) is 9.00. The zero-order chi connectivity index (χ0) is 18.7. The summed E-state index contributed by atoms with van der Waals surface area (Å²) in [4.78, 5) is 12.2. The van der Waals surface area contributed by atoms with Crippen molar-refractivity contribution in [3.63, 3.8) is 0 Å². The first-order chi connectivity index (χ1) is 11.6. The van der Waals surface area contributed by atoms with Crippen LogP contribution in [0.4, 0.5) is 0 Å². The molecule has 2 nitrogen and oxygen atoms in total. The van der Waals surface area contributed by atoms with Crippen LogP contribution in [0.3, 0.4) is 0 Å². The number of hydrogen-bond acceptors (Lipinski definition) is 3. The van der Waals surface area contributed by atoms with E-state index < -0.39 is 0 Å². The Labute approximate surface area is 159 Å². The van der Waals surface area contributed by atoms with E-state index in [2.05, 4.69) is 45.5 Å². The van der Waals surface area contributed by atoms with Crippen LogP contribution in [0.15, 0.2) is 24.3 Å². The summed E-state index contributed by atoms with van der Waals surface area (Å²) in [5, 5.41) is 0.316. The van der Waals surface area contributed by atoms with Crippen LogP contribution in [0, 0.1) is 11.3 Å². The van der Waals surface area contributed by atoms with Crippen molar-refractivity contribution in [2.45, 2.75) is 83.8 Å². The van der Waals surface area contributed by atoms with Crippen molar-refractivity contribution in [2.75, 3.05) is 0 Å². The highest BCUT2D eigenvalue weighted by Gasteiger charge is 2.35. The first-order valence-corrected chi connectivity index (χ1v) is 10.1. The number of ether oxygens (including phenoxy) is 1. The largest absolute Gasteiger partial charge is 0.426 e. The molecular weight excluding hydrogens is 328 g/mol. The molecule has 3 heteroatoms. The Hall–Kier alpha value is -0.960. The highest BCUT2D eigenvalue weighted by atomic mass is 32.1. The molecule has 1 aliphatic carbocycles. The molecule has 1 aliphatic rings. The van der Waals surface area contributed by atoms with Crippen molar-refractivity contribution < 1.29 is 9.53 Å². The van der Waals surface area contributed by atoms with Crippen molar-refractivity contribution in [1.82, 2.24) is 0 Å². The minimum absolute atomic E-state index is 0.0904. The van der Waals surface area contributed by atoms with E-state index in [0.29, 0.717) is 16.4 Å². The first kappa shape index (κ1) is 20.4. The maximum atomic E-state index is 12.2. The molecule has 1 fully saturated rings. The molecule has 1 aromatic carbocycles. The highest BCUT2D eigenvalue weighted by molar-refractivity contribution is 7.80. The third kappa shape index (κ3) is 5.77. The van der Waals surface area contributed by atoms with Gasteiger partial charge in [0.2, 0.25) is 0 Å². The van der Waals surface area contributed by atoms with E-state index in [0.717, 1.165) is 12.8 Å². The fourth-order valence-corrected chi connectivity index (χ4v) is 3.67. The number of carbonyl (C=O) groups is 1. The topological polar surface area (TPSA) is 26.3 Å². The van der Waals surface area contributed by atoms with Gasteiger partial charge in [-0.2, -0.15) is 12.6 Å². The maximum absolute atomic E-state index is 12.2. The third-order valence-corrected chi connectivity index (χ3v) is 6.15. The summed E-state index contributed by atoms with van der Waals surface area (Å²) in [5.74, 6) is 0.416. The Bertz CT molecular complexity index is 564. The lowest BCUT2D eigenvalue weighted by atomic mass is 9.63. The van der Waals surface area contributed by atoms with Crippen molar-refractivity contribution in [3.05, 3.63) is 29.8 Å². The lowest BCUT2D eigenvalue weighted by molar-refractivity contribution is -0.138. The van der Waals surface area contributed by atoms with E-state index in [9.17, 15) is 4.79 Å². The molecular formula is C22H34O2S. The summed E-state index contributed by atoms with van der Waals surface area (Å²) in [6.45, 7) is 11.1. The molecule has 140 valence electrons. The van der Waals surface area contributed by atoms with Gasteiger partial charge in [0, 0.05) is 0 Å². The van der Waals surface area contributed by atoms with Gasteiger partial charge < -0.3 is 4.74 Å². The van der Waals surface area contributed by atoms with Crippen LogP contribution in [-0.4, -0.2) is 11.2 Å². The summed E-state index contributed by atoms with van der Waals surface area (Å²) in [7, 11) is 0. The average Bonchev–Trinajstić information content (AvgIpc) is 2.56. The van der Waals surface area contributed by atoms with Gasteiger partial charge in [0.05, 0.1) is 5.92 Å². The molecule has 2 atom stereocenters. The molecule has 0 heterocycles. The number of rotatable bonds is 6. The molecule has 2 rings (SSSR count). The zero-order valence-corrected chi connectivity index (χ0v) is 17.4. The monoisotopic (exact) mass is 362 g/mol. The Kier molecular flexibility index (Phi) is 6.64. The van der Waals surface area contributed by atoms with Gasteiger partial charge in [0.15, 0.2) is 0 Å². The fourth-order valence-electron chi connectivity index (χ4n) is 3.52. The molecule has 0 bridgehead atoms. The van der Waals surface area contributed by atoms with Gasteiger partial charge in [0.1, 0.15) is 5.75 Å². The predicted molar refractivity (Wildman–Crippen MR) is 109 cm³/mol. The number of benzene rings is 1. The quantitative estimate of drug-likeness (QED) is 0.371. The van der Waals surface area contributed by atoms with E-state index >= 15 is 0 Å². The van der Waals surface area contributed by atoms with Crippen LogP contribution in [-0.2, 0) is 10.2 Å². The molecule has 0 aliphatic heterocycles. The van der Waals surface area contributed by atoms with Crippen molar-refractivity contribution in [2.24, 2.45) is 11.3 Å². The lowest BCUT2D eigenvalue weighted by Crippen LogP contribution is -2.32. The van der Waals surface area contributed by atoms with Crippen LogP contribution in [0.5, 0.6) is 5.75 Å². The minimum atomic E-state index is -0.146. The van der Waals surface area contributed by atoms with Crippen LogP contribution < -0.4 is 4.74 Å². The Balaban J connectivity index is 1.95. The van der Waals surface area contributed by atoms with Gasteiger partial charge in [-0.25, -0.2) is 0 Å². The molecule has 0 radical (unpaired) electrons. The SMILES string of the molecule is CC(S)CCC(C)C(=O)Oc1ccc(C2(C)CCC(C)(C)CC2)cc1. The van der Waals surface area contributed by atoms with Gasteiger partial charge >= 0.3 is 5.97 Å². The van der Waals surface area contributed by atoms with Gasteiger partial charge in [0.25, 0.3) is 0 Å². The van der Waals surface area contributed by atoms with Gasteiger partial charge in [-0.15, -0.1) is 0 Å². The fraction of sp³-hybridized carbons (Fsp3) is 0.682. The number of carbonyl (C=O) groups excluding carboxylic acids is 1. The van der Waals surface area contributed by atoms with Gasteiger partial charge in [-0.1, -0.05) is 46.8 Å². The summed E-state index contributed by atoms with van der Waals surface area (Å²) in [6.07, 6.45) is 6.71. The second kappa shape index (κ2) is 8.16. The summed E-state index contributed by atoms with van der Waals surface area (Å²) in [5.41, 5.74) is 2.07. The smallest absolute Gasteiger partial charge is 0.314 e. The summed E-state index contributed by atoms with van der Waals surface area (Å²) in [6, 6.07) is 8.18. The number of thiol groups is 1. The van der Waals surface area contributed by atoms with Gasteiger partial charge in [-0.05, 0) is 72.3 Å². The third-order valence-electron chi connectivity index (χ3n) is 5.90. The van der Waals surface area contributed by atoms with Crippen molar-refractivity contribution in [3.8, 4) is 5.75 Å². The van der Waals surface area contributed by atoms with E-state index in [1.54, 1.807) is 0 Å². The number of hydrogen-bond donors (Lipinski definition) is 1. The highest BCUT2D eigenvalue weighted by Crippen LogP contribution is 2.46. The normalized spacial score (nSPS) is 21.4. The minimum Gasteiger partial charge on any atom is -0.426 e. The van der Waals surface area contributed by atoms with E-state index in [1.165, 1.54) is 31.2 Å². The van der Waals surface area contributed by atoms with E-state index in [1.807, 2.05) is 26.0 Å². The molecule has 25 heavy (non-hydrogen) atoms. The molecule has 0 saturated heterocycles. The van der Waals surface area contributed by atoms with Crippen LogP contribution in [0.2, 0.25) is 0 Å². The molecule has 0 N–H and O–H groups in total. The summed E-state index contributed by atoms with van der Waals surface area (Å²) < 4.78 is 5.55. The Morgan fingerprint density at radius 1 is 1.04 bits per heavy atom. The van der Waals surface area contributed by atoms with E-state index in [-0.39, 0.29) is 17.3 Å². The summed E-state index contributed by atoms with van der Waals surface area (Å²) >= 11 is 4.37. The van der Waals surface area contributed by atoms with Crippen LogP contribution in [0.25, 0.3) is 0 Å². The van der Waals surface area contributed by atoms with Gasteiger partial charge in [-0.3, -0.25) is 4.79 Å². The average molecular weight is 363 g/mol. The molecule has 0 aromatic heterocycles. The second-order valence-corrected chi connectivity index (χ2v) is 9.88. The predicted octanol–water partition coefficient (Wildman–Crippen LogP) is 6.18. The first-order valence-electron chi connectivity index (χ1n) is 9.62. The maximum Gasteiger partial charge on any atom is 0.314 e. The standard InChI is InChI=1S/C22H34O2S/c1-16(6-7-17(2)25)20(23)24-19-10-8-18(9-11-19)22(5)14-12-21(3,4)13-15-22/h8-11,16-17,25H,6-7,12-15H2,1-5H3. The lowest BCUT2D eigenvalue weighted by Gasteiger charge is -2.41. The molecule has 2 unspecified atom stereocenters. The van der Waals surface area contributed by atoms with Crippen LogP contribution in [0.1, 0.15) is 78.7 Å². The molecule has 0 spiro atoms. The number of esters is 1. The zero-order valence-electron chi connectivity index (χ0n) is 16.5.